The van der Waals surface area contributed by atoms with Crippen LogP contribution in [0.5, 0.6) is 0 Å². The molecule has 1 rings (SSSR count). The second kappa shape index (κ2) is 5.04. The normalized spacial score (nSPS) is 32.2. The summed E-state index contributed by atoms with van der Waals surface area (Å²) in [5.74, 6) is 0. The first-order chi connectivity index (χ1) is 5.13. The maximum atomic E-state index is 5.85. The Bertz CT molecular complexity index is 116. The lowest BCUT2D eigenvalue weighted by atomic mass is 10.4. The number of hydrogen-bond acceptors (Lipinski definition) is 0. The topological polar surface area (TPSA) is 0 Å². The standard InChI is InChI=1S/C5H8Cl4P2/c6-10(7)4-2-1-3-5(4)11(8)9/h4-5H,1-3H2/t4-,5-/m1/s1. The van der Waals surface area contributed by atoms with Gasteiger partial charge in [-0.15, -0.1) is 0 Å². The summed E-state index contributed by atoms with van der Waals surface area (Å²) in [6.45, 7) is -1.76. The van der Waals surface area contributed by atoms with Gasteiger partial charge in [0.2, 0.25) is 0 Å². The minimum absolute atomic E-state index is 0.384. The Morgan fingerprint density at radius 2 is 1.18 bits per heavy atom. The van der Waals surface area contributed by atoms with E-state index in [1.807, 2.05) is 0 Å². The molecular weight excluding hydrogens is 264 g/mol. The number of halogens is 4. The SMILES string of the molecule is ClP(Cl)[C@@H]1CCC[C@H]1P(Cl)Cl. The Kier molecular flexibility index (Phi) is 5.08. The van der Waals surface area contributed by atoms with Crippen molar-refractivity contribution in [1.82, 2.24) is 0 Å². The summed E-state index contributed by atoms with van der Waals surface area (Å²) in [5.41, 5.74) is 0.767. The minimum atomic E-state index is -0.882. The van der Waals surface area contributed by atoms with Gasteiger partial charge in [0.05, 0.1) is 13.3 Å². The van der Waals surface area contributed by atoms with Crippen molar-refractivity contribution in [3.05, 3.63) is 0 Å². The van der Waals surface area contributed by atoms with Crippen molar-refractivity contribution in [3.63, 3.8) is 0 Å². The third kappa shape index (κ3) is 3.01. The van der Waals surface area contributed by atoms with E-state index >= 15 is 0 Å². The highest BCUT2D eigenvalue weighted by molar-refractivity contribution is 8.07. The van der Waals surface area contributed by atoms with Crippen molar-refractivity contribution in [3.8, 4) is 0 Å². The molecular formula is C5H8Cl4P2. The Labute approximate surface area is 88.6 Å². The Morgan fingerprint density at radius 1 is 0.818 bits per heavy atom. The molecule has 1 saturated carbocycles. The van der Waals surface area contributed by atoms with Gasteiger partial charge >= 0.3 is 0 Å². The van der Waals surface area contributed by atoms with Gasteiger partial charge in [0, 0.05) is 11.3 Å². The van der Waals surface area contributed by atoms with E-state index in [1.165, 1.54) is 6.42 Å². The van der Waals surface area contributed by atoms with Gasteiger partial charge in [-0.2, -0.15) is 0 Å². The average molecular weight is 272 g/mol. The lowest BCUT2D eigenvalue weighted by molar-refractivity contribution is 0.889. The van der Waals surface area contributed by atoms with Crippen LogP contribution in [-0.2, 0) is 0 Å². The zero-order valence-electron chi connectivity index (χ0n) is 5.68. The molecule has 1 fully saturated rings. The molecule has 0 aromatic heterocycles. The Hall–Kier alpha value is 2.02. The van der Waals surface area contributed by atoms with Gasteiger partial charge in [-0.05, 0) is 12.8 Å². The maximum Gasteiger partial charge on any atom is 0.0893 e. The molecule has 0 nitrogen and oxygen atoms in total. The monoisotopic (exact) mass is 270 g/mol. The summed E-state index contributed by atoms with van der Waals surface area (Å²) in [4.78, 5) is 0. The zero-order valence-corrected chi connectivity index (χ0v) is 10.5. The van der Waals surface area contributed by atoms with Crippen LogP contribution < -0.4 is 0 Å². The number of hydrogen-bond donors (Lipinski definition) is 0. The molecule has 0 amide bonds. The second-order valence-electron chi connectivity index (χ2n) is 2.58. The fourth-order valence-corrected chi connectivity index (χ4v) is 7.50. The van der Waals surface area contributed by atoms with Crippen LogP contribution in [-0.4, -0.2) is 11.3 Å². The highest BCUT2D eigenvalue weighted by atomic mass is 35.9. The average Bonchev–Trinajstić information content (AvgIpc) is 2.32. The highest BCUT2D eigenvalue weighted by Crippen LogP contribution is 2.66. The molecule has 0 aliphatic heterocycles. The van der Waals surface area contributed by atoms with Crippen molar-refractivity contribution in [1.29, 1.82) is 0 Å². The first-order valence-corrected chi connectivity index (χ1v) is 9.78. The summed E-state index contributed by atoms with van der Waals surface area (Å²) in [6, 6.07) is 0. The van der Waals surface area contributed by atoms with E-state index in [0.29, 0.717) is 11.3 Å². The quantitative estimate of drug-likeness (QED) is 0.583. The summed E-state index contributed by atoms with van der Waals surface area (Å²) in [6.07, 6.45) is 3.37. The Balaban J connectivity index is 2.51. The molecule has 66 valence electrons. The van der Waals surface area contributed by atoms with E-state index < -0.39 is 13.3 Å². The summed E-state index contributed by atoms with van der Waals surface area (Å²) in [5, 5.41) is 0. The maximum absolute atomic E-state index is 5.85. The first kappa shape index (κ1) is 11.1. The van der Waals surface area contributed by atoms with Gasteiger partial charge in [-0.1, -0.05) is 51.4 Å². The molecule has 0 saturated heterocycles. The lowest BCUT2D eigenvalue weighted by Crippen LogP contribution is -2.10. The largest absolute Gasteiger partial charge is 0.0893 e. The van der Waals surface area contributed by atoms with Crippen molar-refractivity contribution < 1.29 is 0 Å². The van der Waals surface area contributed by atoms with Crippen LogP contribution in [0, 0.1) is 0 Å². The molecule has 0 spiro atoms. The van der Waals surface area contributed by atoms with E-state index in [0.717, 1.165) is 12.8 Å². The molecule has 1 aliphatic carbocycles. The van der Waals surface area contributed by atoms with Crippen molar-refractivity contribution >= 4 is 58.2 Å². The summed E-state index contributed by atoms with van der Waals surface area (Å²) in [7, 11) is 0. The Morgan fingerprint density at radius 3 is 1.45 bits per heavy atom. The van der Waals surface area contributed by atoms with Gasteiger partial charge in [0.15, 0.2) is 0 Å². The van der Waals surface area contributed by atoms with E-state index in [1.54, 1.807) is 0 Å². The third-order valence-electron chi connectivity index (χ3n) is 1.95. The van der Waals surface area contributed by atoms with Crippen LogP contribution >= 0.6 is 58.2 Å². The van der Waals surface area contributed by atoms with E-state index in [9.17, 15) is 0 Å². The van der Waals surface area contributed by atoms with Gasteiger partial charge in [-0.3, -0.25) is 0 Å². The minimum Gasteiger partial charge on any atom is -0.0778 e. The highest BCUT2D eigenvalue weighted by Gasteiger charge is 2.36. The molecule has 0 N–H and O–H groups in total. The lowest BCUT2D eigenvalue weighted by Gasteiger charge is -2.19. The zero-order chi connectivity index (χ0) is 8.43. The van der Waals surface area contributed by atoms with E-state index in [-0.39, 0.29) is 0 Å². The summed E-state index contributed by atoms with van der Waals surface area (Å²) >= 11 is 23.4. The van der Waals surface area contributed by atoms with Crippen LogP contribution in [0.25, 0.3) is 0 Å². The van der Waals surface area contributed by atoms with Crippen LogP contribution in [0.15, 0.2) is 0 Å². The molecule has 6 heteroatoms. The van der Waals surface area contributed by atoms with Crippen molar-refractivity contribution in [2.45, 2.75) is 30.6 Å². The first-order valence-electron chi connectivity index (χ1n) is 3.34. The van der Waals surface area contributed by atoms with Gasteiger partial charge in [-0.25, -0.2) is 0 Å². The molecule has 0 aromatic rings. The van der Waals surface area contributed by atoms with E-state index in [4.69, 9.17) is 45.0 Å². The summed E-state index contributed by atoms with van der Waals surface area (Å²) < 4.78 is 0. The van der Waals surface area contributed by atoms with Gasteiger partial charge < -0.3 is 0 Å². The fraction of sp³-hybridized carbons (Fsp3) is 1.00. The molecule has 0 bridgehead atoms. The molecule has 0 unspecified atom stereocenters. The molecule has 1 aliphatic rings. The number of rotatable bonds is 2. The third-order valence-corrected chi connectivity index (χ3v) is 7.43. The van der Waals surface area contributed by atoms with Crippen molar-refractivity contribution in [2.75, 3.05) is 0 Å². The molecule has 0 heterocycles. The molecule has 11 heavy (non-hydrogen) atoms. The van der Waals surface area contributed by atoms with Crippen LogP contribution in [0.3, 0.4) is 0 Å². The molecule has 0 radical (unpaired) electrons. The van der Waals surface area contributed by atoms with Gasteiger partial charge in [0.25, 0.3) is 0 Å². The van der Waals surface area contributed by atoms with Gasteiger partial charge in [0.1, 0.15) is 0 Å². The van der Waals surface area contributed by atoms with Crippen LogP contribution in [0.4, 0.5) is 0 Å². The second-order valence-corrected chi connectivity index (χ2v) is 10.4. The molecule has 0 aromatic carbocycles. The fourth-order valence-electron chi connectivity index (χ4n) is 1.38. The van der Waals surface area contributed by atoms with E-state index in [2.05, 4.69) is 0 Å². The van der Waals surface area contributed by atoms with Crippen LogP contribution in [0.2, 0.25) is 0 Å². The molecule has 2 atom stereocenters. The van der Waals surface area contributed by atoms with Crippen molar-refractivity contribution in [2.24, 2.45) is 0 Å². The van der Waals surface area contributed by atoms with Crippen LogP contribution in [0.1, 0.15) is 19.3 Å². The predicted molar refractivity (Wildman–Crippen MR) is 58.7 cm³/mol. The smallest absolute Gasteiger partial charge is 0.0778 e. The predicted octanol–water partition coefficient (Wildman–Crippen LogP) is 5.49.